The molecule has 0 spiro atoms. The van der Waals surface area contributed by atoms with Gasteiger partial charge in [-0.05, 0) is 19.3 Å². The van der Waals surface area contributed by atoms with Gasteiger partial charge in [0.15, 0.2) is 9.84 Å². The van der Waals surface area contributed by atoms with Crippen LogP contribution in [0, 0.1) is 0 Å². The number of carboxylic acid groups (broad SMARTS) is 1. The van der Waals surface area contributed by atoms with Gasteiger partial charge in [-0.25, -0.2) is 18.0 Å². The average molecular weight is 278 g/mol. The van der Waals surface area contributed by atoms with E-state index in [0.29, 0.717) is 12.8 Å². The molecule has 1 saturated carbocycles. The number of sulfone groups is 1. The van der Waals surface area contributed by atoms with Crippen LogP contribution in [-0.4, -0.2) is 49.1 Å². The van der Waals surface area contributed by atoms with E-state index in [2.05, 4.69) is 10.6 Å². The van der Waals surface area contributed by atoms with Crippen LogP contribution < -0.4 is 10.6 Å². The first-order chi connectivity index (χ1) is 8.31. The fourth-order valence-corrected chi connectivity index (χ4v) is 2.35. The van der Waals surface area contributed by atoms with E-state index in [1.54, 1.807) is 0 Å². The molecule has 0 radical (unpaired) electrons. The summed E-state index contributed by atoms with van der Waals surface area (Å²) in [5.41, 5.74) is -1.17. The molecule has 0 aromatic carbocycles. The summed E-state index contributed by atoms with van der Waals surface area (Å²) in [5, 5.41) is 13.7. The van der Waals surface area contributed by atoms with Crippen molar-refractivity contribution in [3.05, 3.63) is 0 Å². The van der Waals surface area contributed by atoms with E-state index in [1.807, 2.05) is 0 Å². The van der Waals surface area contributed by atoms with Gasteiger partial charge in [-0.3, -0.25) is 0 Å². The van der Waals surface area contributed by atoms with Crippen molar-refractivity contribution in [1.82, 2.24) is 10.6 Å². The molecule has 2 amide bonds. The first-order valence-electron chi connectivity index (χ1n) is 5.81. The number of aliphatic carboxylic acids is 1. The molecule has 1 fully saturated rings. The predicted molar refractivity (Wildman–Crippen MR) is 65.1 cm³/mol. The number of carbonyl (C=O) groups excluding carboxylic acids is 1. The molecular weight excluding hydrogens is 260 g/mol. The fourth-order valence-electron chi connectivity index (χ4n) is 1.65. The van der Waals surface area contributed by atoms with E-state index in [0.717, 1.165) is 6.42 Å². The molecule has 8 heteroatoms. The summed E-state index contributed by atoms with van der Waals surface area (Å²) in [7, 11) is -3.13. The Morgan fingerprint density at radius 3 is 2.33 bits per heavy atom. The van der Waals surface area contributed by atoms with Crippen LogP contribution in [0.4, 0.5) is 4.79 Å². The molecule has 1 aliphatic carbocycles. The molecule has 0 saturated heterocycles. The molecule has 0 bridgehead atoms. The molecule has 3 N–H and O–H groups in total. The quantitative estimate of drug-likeness (QED) is 0.619. The lowest BCUT2D eigenvalue weighted by molar-refractivity contribution is -0.148. The molecule has 18 heavy (non-hydrogen) atoms. The largest absolute Gasteiger partial charge is 0.480 e. The third kappa shape index (κ3) is 3.59. The highest BCUT2D eigenvalue weighted by molar-refractivity contribution is 7.91. The molecule has 0 heterocycles. The van der Waals surface area contributed by atoms with Gasteiger partial charge in [0.2, 0.25) is 0 Å². The topological polar surface area (TPSA) is 113 Å². The molecule has 1 aliphatic rings. The minimum absolute atomic E-state index is 0.0162. The van der Waals surface area contributed by atoms with E-state index >= 15 is 0 Å². The van der Waals surface area contributed by atoms with E-state index in [9.17, 15) is 18.0 Å². The van der Waals surface area contributed by atoms with Crippen LogP contribution in [0.2, 0.25) is 0 Å². The van der Waals surface area contributed by atoms with E-state index < -0.39 is 27.4 Å². The summed E-state index contributed by atoms with van der Waals surface area (Å²) in [5.74, 6) is -1.17. The van der Waals surface area contributed by atoms with Crippen LogP contribution >= 0.6 is 0 Å². The summed E-state index contributed by atoms with van der Waals surface area (Å²) in [4.78, 5) is 22.4. The Labute approximate surface area is 106 Å². The van der Waals surface area contributed by atoms with Gasteiger partial charge in [-0.2, -0.15) is 0 Å². The summed E-state index contributed by atoms with van der Waals surface area (Å²) in [6, 6.07) is -0.636. The van der Waals surface area contributed by atoms with Gasteiger partial charge in [0, 0.05) is 12.3 Å². The summed E-state index contributed by atoms with van der Waals surface area (Å²) in [6.07, 6.45) is 1.57. The normalized spacial score (nSPS) is 17.6. The Hall–Kier alpha value is -1.31. The van der Waals surface area contributed by atoms with E-state index in [-0.39, 0.29) is 18.1 Å². The third-order valence-corrected chi connectivity index (χ3v) is 4.81. The van der Waals surface area contributed by atoms with Crippen molar-refractivity contribution in [2.24, 2.45) is 0 Å². The highest BCUT2D eigenvalue weighted by atomic mass is 32.2. The first kappa shape index (κ1) is 14.7. The highest BCUT2D eigenvalue weighted by Gasteiger charge is 2.45. The number of hydrogen-bond acceptors (Lipinski definition) is 4. The number of carbonyl (C=O) groups is 2. The second-order valence-corrected chi connectivity index (χ2v) is 6.83. The van der Waals surface area contributed by atoms with Gasteiger partial charge in [0.05, 0.1) is 5.75 Å². The van der Waals surface area contributed by atoms with Crippen LogP contribution in [0.5, 0.6) is 0 Å². The summed E-state index contributed by atoms with van der Waals surface area (Å²) < 4.78 is 22.4. The number of carboxylic acids is 1. The van der Waals surface area contributed by atoms with Crippen molar-refractivity contribution >= 4 is 21.8 Å². The minimum atomic E-state index is -3.13. The maximum Gasteiger partial charge on any atom is 0.329 e. The Morgan fingerprint density at radius 1 is 1.33 bits per heavy atom. The lowest BCUT2D eigenvalue weighted by atomic mass is 9.77. The number of rotatable bonds is 6. The van der Waals surface area contributed by atoms with E-state index in [4.69, 9.17) is 5.11 Å². The Balaban J connectivity index is 2.36. The zero-order valence-electron chi connectivity index (χ0n) is 10.2. The van der Waals surface area contributed by atoms with Crippen LogP contribution in [0.3, 0.4) is 0 Å². The molecule has 0 aromatic rings. The zero-order chi connectivity index (χ0) is 13.8. The van der Waals surface area contributed by atoms with Gasteiger partial charge in [-0.15, -0.1) is 0 Å². The van der Waals surface area contributed by atoms with Crippen molar-refractivity contribution in [3.63, 3.8) is 0 Å². The Kier molecular flexibility index (Phi) is 4.55. The molecule has 0 atom stereocenters. The lowest BCUT2D eigenvalue weighted by Gasteiger charge is -2.38. The van der Waals surface area contributed by atoms with Crippen LogP contribution in [0.1, 0.15) is 26.2 Å². The van der Waals surface area contributed by atoms with Crippen molar-refractivity contribution in [2.75, 3.05) is 18.1 Å². The second kappa shape index (κ2) is 5.55. The average Bonchev–Trinajstić information content (AvgIpc) is 2.22. The van der Waals surface area contributed by atoms with Crippen molar-refractivity contribution in [1.29, 1.82) is 0 Å². The van der Waals surface area contributed by atoms with Crippen LogP contribution in [0.15, 0.2) is 0 Å². The molecule has 0 aliphatic heterocycles. The van der Waals surface area contributed by atoms with Crippen molar-refractivity contribution in [2.45, 2.75) is 31.7 Å². The molecule has 1 rings (SSSR count). The maximum atomic E-state index is 11.4. The summed E-state index contributed by atoms with van der Waals surface area (Å²) in [6.45, 7) is 1.51. The van der Waals surface area contributed by atoms with Gasteiger partial charge in [0.25, 0.3) is 0 Å². The predicted octanol–water partition coefficient (Wildman–Crippen LogP) is -0.272. The van der Waals surface area contributed by atoms with Gasteiger partial charge >= 0.3 is 12.0 Å². The lowest BCUT2D eigenvalue weighted by Crippen LogP contribution is -2.61. The third-order valence-electron chi connectivity index (χ3n) is 3.11. The maximum absolute atomic E-state index is 11.4. The molecule has 0 aromatic heterocycles. The van der Waals surface area contributed by atoms with Crippen molar-refractivity contribution < 1.29 is 23.1 Å². The second-order valence-electron chi connectivity index (χ2n) is 4.36. The minimum Gasteiger partial charge on any atom is -0.480 e. The number of hydrogen-bond donors (Lipinski definition) is 3. The SMILES string of the molecule is CCS(=O)(=O)CCNC(=O)NC1(C(=O)O)CCC1. The molecule has 7 nitrogen and oxygen atoms in total. The van der Waals surface area contributed by atoms with Crippen molar-refractivity contribution in [3.8, 4) is 0 Å². The Bertz CT molecular complexity index is 428. The highest BCUT2D eigenvalue weighted by Crippen LogP contribution is 2.31. The smallest absolute Gasteiger partial charge is 0.329 e. The van der Waals surface area contributed by atoms with Crippen LogP contribution in [-0.2, 0) is 14.6 Å². The molecule has 104 valence electrons. The standard InChI is InChI=1S/C10H18N2O5S/c1-2-18(16,17)7-6-11-9(15)12-10(8(13)14)4-3-5-10/h2-7H2,1H3,(H,13,14)(H2,11,12,15). The fraction of sp³-hybridized carbons (Fsp3) is 0.800. The van der Waals surface area contributed by atoms with Gasteiger partial charge in [0.1, 0.15) is 5.54 Å². The summed E-state index contributed by atoms with van der Waals surface area (Å²) >= 11 is 0. The Morgan fingerprint density at radius 2 is 1.94 bits per heavy atom. The molecule has 0 unspecified atom stereocenters. The van der Waals surface area contributed by atoms with Gasteiger partial charge in [-0.1, -0.05) is 6.92 Å². The van der Waals surface area contributed by atoms with E-state index in [1.165, 1.54) is 6.92 Å². The number of nitrogens with one attached hydrogen (secondary N) is 2. The van der Waals surface area contributed by atoms with Crippen LogP contribution in [0.25, 0.3) is 0 Å². The monoisotopic (exact) mass is 278 g/mol. The van der Waals surface area contributed by atoms with Gasteiger partial charge < -0.3 is 15.7 Å². The zero-order valence-corrected chi connectivity index (χ0v) is 11.0. The number of urea groups is 1. The molecular formula is C10H18N2O5S. The first-order valence-corrected chi connectivity index (χ1v) is 7.63. The number of amides is 2.